The van der Waals surface area contributed by atoms with Crippen LogP contribution < -0.4 is 5.32 Å². The van der Waals surface area contributed by atoms with Gasteiger partial charge in [-0.15, -0.1) is 0 Å². The van der Waals surface area contributed by atoms with Crippen molar-refractivity contribution in [2.75, 3.05) is 0 Å². The molecule has 1 aliphatic rings. The van der Waals surface area contributed by atoms with Crippen LogP contribution in [0, 0.1) is 23.1 Å². The third kappa shape index (κ3) is 3.04. The summed E-state index contributed by atoms with van der Waals surface area (Å²) in [5, 5.41) is 12.3. The summed E-state index contributed by atoms with van der Waals surface area (Å²) in [6.07, 6.45) is 3.68. The van der Waals surface area contributed by atoms with Crippen molar-refractivity contribution >= 4 is 0 Å². The molecule has 1 N–H and O–H groups in total. The molecule has 0 spiro atoms. The summed E-state index contributed by atoms with van der Waals surface area (Å²) in [4.78, 5) is 0. The third-order valence-electron chi connectivity index (χ3n) is 3.32. The van der Waals surface area contributed by atoms with Crippen molar-refractivity contribution in [1.29, 1.82) is 5.26 Å². The van der Waals surface area contributed by atoms with Crippen LogP contribution in [-0.4, -0.2) is 6.04 Å². The third-order valence-corrected chi connectivity index (χ3v) is 3.32. The Morgan fingerprint density at radius 3 is 3.06 bits per heavy atom. The fraction of sp³-hybridized carbons (Fsp3) is 0.500. The van der Waals surface area contributed by atoms with Crippen LogP contribution in [0.25, 0.3) is 0 Å². The van der Waals surface area contributed by atoms with Gasteiger partial charge in [0.2, 0.25) is 0 Å². The van der Waals surface area contributed by atoms with E-state index in [4.69, 9.17) is 5.26 Å². The topological polar surface area (TPSA) is 35.8 Å². The molecule has 2 atom stereocenters. The molecule has 1 aliphatic carbocycles. The number of halogens is 1. The average Bonchev–Trinajstić information content (AvgIpc) is 3.06. The minimum absolute atomic E-state index is 0.276. The molecule has 0 aliphatic heterocycles. The van der Waals surface area contributed by atoms with Crippen LogP contribution in [0.1, 0.15) is 37.3 Å². The SMILES string of the molecule is CCCC1CC1NCc1cc(F)ccc1C#N. The van der Waals surface area contributed by atoms with E-state index in [0.717, 1.165) is 11.5 Å². The average molecular weight is 232 g/mol. The fourth-order valence-corrected chi connectivity index (χ4v) is 2.25. The first-order chi connectivity index (χ1) is 8.24. The maximum Gasteiger partial charge on any atom is 0.123 e. The van der Waals surface area contributed by atoms with Gasteiger partial charge in [0.15, 0.2) is 0 Å². The number of hydrogen-bond donors (Lipinski definition) is 1. The van der Waals surface area contributed by atoms with Crippen LogP contribution in [0.3, 0.4) is 0 Å². The molecule has 1 aromatic carbocycles. The summed E-state index contributed by atoms with van der Waals surface area (Å²) in [6.45, 7) is 2.78. The molecule has 17 heavy (non-hydrogen) atoms. The van der Waals surface area contributed by atoms with Crippen molar-refractivity contribution in [3.05, 3.63) is 35.1 Å². The highest BCUT2D eigenvalue weighted by Crippen LogP contribution is 2.34. The summed E-state index contributed by atoms with van der Waals surface area (Å²) < 4.78 is 13.1. The first-order valence-corrected chi connectivity index (χ1v) is 6.16. The lowest BCUT2D eigenvalue weighted by atomic mass is 10.1. The lowest BCUT2D eigenvalue weighted by molar-refractivity contribution is 0.592. The molecule has 1 aromatic rings. The van der Waals surface area contributed by atoms with Gasteiger partial charge in [0.25, 0.3) is 0 Å². The molecule has 0 saturated heterocycles. The van der Waals surface area contributed by atoms with Gasteiger partial charge >= 0.3 is 0 Å². The number of nitriles is 1. The second-order valence-corrected chi connectivity index (χ2v) is 4.69. The molecule has 2 nitrogen and oxygen atoms in total. The summed E-state index contributed by atoms with van der Waals surface area (Å²) in [7, 11) is 0. The molecule has 0 aromatic heterocycles. The first-order valence-electron chi connectivity index (χ1n) is 6.16. The van der Waals surface area contributed by atoms with Crippen molar-refractivity contribution < 1.29 is 4.39 Å². The summed E-state index contributed by atoms with van der Waals surface area (Å²) in [6, 6.07) is 6.98. The highest BCUT2D eigenvalue weighted by Gasteiger charge is 2.35. The number of hydrogen-bond acceptors (Lipinski definition) is 2. The summed E-state index contributed by atoms with van der Waals surface area (Å²) in [5.74, 6) is 0.501. The lowest BCUT2D eigenvalue weighted by Crippen LogP contribution is -2.18. The Balaban J connectivity index is 1.91. The van der Waals surface area contributed by atoms with Gasteiger partial charge in [0.05, 0.1) is 11.6 Å². The molecular formula is C14H17FN2. The Morgan fingerprint density at radius 2 is 2.35 bits per heavy atom. The van der Waals surface area contributed by atoms with Crippen LogP contribution in [0.2, 0.25) is 0 Å². The van der Waals surface area contributed by atoms with Gasteiger partial charge in [-0.3, -0.25) is 0 Å². The molecule has 0 radical (unpaired) electrons. The highest BCUT2D eigenvalue weighted by atomic mass is 19.1. The highest BCUT2D eigenvalue weighted by molar-refractivity contribution is 5.37. The van der Waals surface area contributed by atoms with Crippen LogP contribution in [0.5, 0.6) is 0 Å². The molecular weight excluding hydrogens is 215 g/mol. The van der Waals surface area contributed by atoms with Crippen LogP contribution in [0.4, 0.5) is 4.39 Å². The minimum atomic E-state index is -0.276. The monoisotopic (exact) mass is 232 g/mol. The molecule has 90 valence electrons. The van der Waals surface area contributed by atoms with E-state index in [2.05, 4.69) is 18.3 Å². The zero-order chi connectivity index (χ0) is 12.3. The molecule has 3 heteroatoms. The Labute approximate surface area is 101 Å². The maximum absolute atomic E-state index is 13.1. The summed E-state index contributed by atoms with van der Waals surface area (Å²) in [5.41, 5.74) is 1.32. The number of benzene rings is 1. The molecule has 1 saturated carbocycles. The van der Waals surface area contributed by atoms with Crippen LogP contribution in [-0.2, 0) is 6.54 Å². The van der Waals surface area contributed by atoms with E-state index < -0.39 is 0 Å². The second kappa shape index (κ2) is 5.29. The number of nitrogens with zero attached hydrogens (tertiary/aromatic N) is 1. The van der Waals surface area contributed by atoms with E-state index in [9.17, 15) is 4.39 Å². The normalized spacial score (nSPS) is 22.2. The predicted molar refractivity (Wildman–Crippen MR) is 64.8 cm³/mol. The van der Waals surface area contributed by atoms with Gasteiger partial charge in [-0.2, -0.15) is 5.26 Å². The fourth-order valence-electron chi connectivity index (χ4n) is 2.25. The van der Waals surface area contributed by atoms with E-state index in [1.165, 1.54) is 31.4 Å². The number of rotatable bonds is 5. The largest absolute Gasteiger partial charge is 0.310 e. The van der Waals surface area contributed by atoms with Gasteiger partial charge in [-0.1, -0.05) is 13.3 Å². The van der Waals surface area contributed by atoms with Crippen LogP contribution >= 0.6 is 0 Å². The van der Waals surface area contributed by atoms with E-state index in [1.54, 1.807) is 6.07 Å². The second-order valence-electron chi connectivity index (χ2n) is 4.69. The molecule has 1 fully saturated rings. The van der Waals surface area contributed by atoms with E-state index in [0.29, 0.717) is 18.2 Å². The van der Waals surface area contributed by atoms with E-state index >= 15 is 0 Å². The number of nitrogens with one attached hydrogen (secondary N) is 1. The Hall–Kier alpha value is -1.40. The zero-order valence-corrected chi connectivity index (χ0v) is 10.0. The van der Waals surface area contributed by atoms with Gasteiger partial charge < -0.3 is 5.32 Å². The van der Waals surface area contributed by atoms with E-state index in [-0.39, 0.29) is 5.82 Å². The maximum atomic E-state index is 13.1. The van der Waals surface area contributed by atoms with Crippen molar-refractivity contribution in [2.24, 2.45) is 5.92 Å². The molecule has 0 amide bonds. The van der Waals surface area contributed by atoms with Crippen molar-refractivity contribution in [3.8, 4) is 6.07 Å². The molecule has 0 heterocycles. The lowest BCUT2D eigenvalue weighted by Gasteiger charge is -2.06. The van der Waals surface area contributed by atoms with E-state index in [1.807, 2.05) is 0 Å². The van der Waals surface area contributed by atoms with Crippen LogP contribution in [0.15, 0.2) is 18.2 Å². The van der Waals surface area contributed by atoms with Crippen molar-refractivity contribution in [3.63, 3.8) is 0 Å². The Kier molecular flexibility index (Phi) is 3.75. The quantitative estimate of drug-likeness (QED) is 0.847. The first kappa shape index (κ1) is 12.1. The van der Waals surface area contributed by atoms with Gasteiger partial charge in [-0.25, -0.2) is 4.39 Å². The summed E-state index contributed by atoms with van der Waals surface area (Å²) >= 11 is 0. The zero-order valence-electron chi connectivity index (χ0n) is 10.0. The standard InChI is InChI=1S/C14H17FN2/c1-2-3-10-7-14(10)17-9-12-6-13(15)5-4-11(12)8-16/h4-6,10,14,17H,2-3,7,9H2,1H3. The molecule has 2 rings (SSSR count). The minimum Gasteiger partial charge on any atom is -0.310 e. The molecule has 2 unspecified atom stereocenters. The predicted octanol–water partition coefficient (Wildman–Crippen LogP) is 2.98. The van der Waals surface area contributed by atoms with Crippen molar-refractivity contribution in [1.82, 2.24) is 5.32 Å². The molecule has 0 bridgehead atoms. The van der Waals surface area contributed by atoms with Gasteiger partial charge in [-0.05, 0) is 42.5 Å². The Bertz CT molecular complexity index is 436. The Morgan fingerprint density at radius 1 is 1.53 bits per heavy atom. The van der Waals surface area contributed by atoms with Crippen molar-refractivity contribution in [2.45, 2.75) is 38.8 Å². The van der Waals surface area contributed by atoms with Gasteiger partial charge in [0, 0.05) is 12.6 Å². The smallest absolute Gasteiger partial charge is 0.123 e. The van der Waals surface area contributed by atoms with Gasteiger partial charge in [0.1, 0.15) is 5.82 Å².